The highest BCUT2D eigenvalue weighted by Gasteiger charge is 2.34. The van der Waals surface area contributed by atoms with E-state index in [1.54, 1.807) is 4.90 Å². The van der Waals surface area contributed by atoms with E-state index in [9.17, 15) is 19.5 Å². The Hall–Kier alpha value is -4.17. The zero-order valence-corrected chi connectivity index (χ0v) is 18.7. The second-order valence-corrected chi connectivity index (χ2v) is 8.76. The first kappa shape index (κ1) is 20.4. The number of carbonyl (C=O) groups excluding carboxylic acids is 3. The van der Waals surface area contributed by atoms with Crippen LogP contribution in [0.25, 0.3) is 43.5 Å². The summed E-state index contributed by atoms with van der Waals surface area (Å²) in [7, 11) is 1.92. The lowest BCUT2D eigenvalue weighted by Crippen LogP contribution is -2.31. The Morgan fingerprint density at radius 2 is 1.74 bits per heavy atom. The Kier molecular flexibility index (Phi) is 4.31. The van der Waals surface area contributed by atoms with Gasteiger partial charge in [-0.15, -0.1) is 0 Å². The number of hydrogen-bond acceptors (Lipinski definition) is 4. The minimum atomic E-state index is -0.407. The SMILES string of the molecule is CC(=O)N(CCO)Cc1cccc2c1[nH]c1c3ccc4ccn(C)c4c3c3c(c21)C(=O)NC3=O. The number of benzene rings is 3. The first-order chi connectivity index (χ1) is 16.4. The number of rotatable bonds is 4. The standard InChI is InChI=1S/C26H22N4O4/c1-13(32)30(10-11-31)12-15-4-3-5-16-18-20-21(26(34)28-25(20)33)19-17(23(18)27-22(15)16)7-6-14-8-9-29(2)24(14)19/h3-9,27,31H,10-12H2,1-2H3,(H,28,33,34). The number of imide groups is 1. The number of aliphatic hydroxyl groups excluding tert-OH is 1. The molecule has 0 fully saturated rings. The first-order valence-corrected chi connectivity index (χ1v) is 11.1. The predicted molar refractivity (Wildman–Crippen MR) is 130 cm³/mol. The number of nitrogens with zero attached hydrogens (tertiary/aromatic N) is 2. The lowest BCUT2D eigenvalue weighted by Gasteiger charge is -2.20. The van der Waals surface area contributed by atoms with Gasteiger partial charge in [0, 0.05) is 60.2 Å². The second kappa shape index (κ2) is 7.16. The summed E-state index contributed by atoms with van der Waals surface area (Å²) < 4.78 is 1.97. The molecule has 3 aromatic carbocycles. The summed E-state index contributed by atoms with van der Waals surface area (Å²) >= 11 is 0. The van der Waals surface area contributed by atoms with Gasteiger partial charge in [0.1, 0.15) is 0 Å². The number of fused-ring (bicyclic) bond motifs is 10. The summed E-state index contributed by atoms with van der Waals surface area (Å²) in [5.74, 6) is -0.934. The van der Waals surface area contributed by atoms with E-state index in [0.717, 1.165) is 43.7 Å². The summed E-state index contributed by atoms with van der Waals surface area (Å²) in [6.45, 7) is 1.89. The Morgan fingerprint density at radius 3 is 2.47 bits per heavy atom. The summed E-state index contributed by atoms with van der Waals surface area (Å²) in [6.07, 6.45) is 1.94. The van der Waals surface area contributed by atoms with Gasteiger partial charge in [-0.2, -0.15) is 0 Å². The molecule has 8 heteroatoms. The van der Waals surface area contributed by atoms with Crippen LogP contribution in [0, 0.1) is 0 Å². The van der Waals surface area contributed by atoms with E-state index in [1.807, 2.05) is 54.2 Å². The lowest BCUT2D eigenvalue weighted by atomic mass is 9.93. The van der Waals surface area contributed by atoms with Gasteiger partial charge in [0.25, 0.3) is 11.8 Å². The Morgan fingerprint density at radius 1 is 1.00 bits per heavy atom. The van der Waals surface area contributed by atoms with Crippen molar-refractivity contribution in [2.75, 3.05) is 13.2 Å². The Balaban J connectivity index is 1.76. The molecule has 2 aromatic heterocycles. The van der Waals surface area contributed by atoms with E-state index < -0.39 is 11.8 Å². The van der Waals surface area contributed by atoms with Gasteiger partial charge in [0.2, 0.25) is 5.91 Å². The molecule has 0 unspecified atom stereocenters. The fourth-order valence-electron chi connectivity index (χ4n) is 5.33. The van der Waals surface area contributed by atoms with Crippen LogP contribution in [0.15, 0.2) is 42.6 Å². The van der Waals surface area contributed by atoms with Gasteiger partial charge in [-0.05, 0) is 11.6 Å². The van der Waals surface area contributed by atoms with Gasteiger partial charge >= 0.3 is 0 Å². The lowest BCUT2D eigenvalue weighted by molar-refractivity contribution is -0.129. The molecule has 5 aromatic rings. The average Bonchev–Trinajstić information content (AvgIpc) is 3.47. The van der Waals surface area contributed by atoms with E-state index in [2.05, 4.69) is 10.3 Å². The van der Waals surface area contributed by atoms with Crippen molar-refractivity contribution in [1.29, 1.82) is 0 Å². The quantitative estimate of drug-likeness (QED) is 0.363. The smallest absolute Gasteiger partial charge is 0.259 e. The number of H-pyrrole nitrogens is 1. The number of carbonyl (C=O) groups is 3. The zero-order chi connectivity index (χ0) is 23.7. The van der Waals surface area contributed by atoms with Crippen LogP contribution in [-0.4, -0.2) is 50.4 Å². The molecule has 0 atom stereocenters. The van der Waals surface area contributed by atoms with E-state index in [1.165, 1.54) is 6.92 Å². The molecule has 0 saturated heterocycles. The Bertz CT molecular complexity index is 1710. The summed E-state index contributed by atoms with van der Waals surface area (Å²) in [5, 5.41) is 16.0. The van der Waals surface area contributed by atoms with Crippen LogP contribution >= 0.6 is 0 Å². The van der Waals surface area contributed by atoms with Crippen molar-refractivity contribution in [3.05, 3.63) is 59.3 Å². The maximum atomic E-state index is 13.0. The topological polar surface area (TPSA) is 107 Å². The van der Waals surface area contributed by atoms with Crippen LogP contribution in [0.3, 0.4) is 0 Å². The number of aromatic nitrogens is 2. The molecule has 6 rings (SSSR count). The summed E-state index contributed by atoms with van der Waals surface area (Å²) in [6, 6.07) is 11.7. The molecule has 1 aliphatic rings. The maximum absolute atomic E-state index is 13.0. The number of para-hydroxylation sites is 1. The van der Waals surface area contributed by atoms with Crippen molar-refractivity contribution in [2.24, 2.45) is 7.05 Å². The van der Waals surface area contributed by atoms with Crippen LogP contribution < -0.4 is 5.32 Å². The Labute approximate surface area is 193 Å². The van der Waals surface area contributed by atoms with Crippen LogP contribution in [0.5, 0.6) is 0 Å². The number of aromatic amines is 1. The van der Waals surface area contributed by atoms with Gasteiger partial charge in [0.05, 0.1) is 34.3 Å². The maximum Gasteiger partial charge on any atom is 0.259 e. The summed E-state index contributed by atoms with van der Waals surface area (Å²) in [5.41, 5.74) is 4.12. The van der Waals surface area contributed by atoms with Gasteiger partial charge in [-0.1, -0.05) is 30.3 Å². The first-order valence-electron chi connectivity index (χ1n) is 11.1. The molecule has 1 aliphatic heterocycles. The molecule has 34 heavy (non-hydrogen) atoms. The van der Waals surface area contributed by atoms with Gasteiger partial charge in [-0.3, -0.25) is 19.7 Å². The fraction of sp³-hybridized carbons (Fsp3) is 0.192. The largest absolute Gasteiger partial charge is 0.395 e. The van der Waals surface area contributed by atoms with Crippen molar-refractivity contribution in [3.8, 4) is 0 Å². The number of aliphatic hydroxyl groups is 1. The number of hydrogen-bond donors (Lipinski definition) is 3. The number of aryl methyl sites for hydroxylation is 1. The monoisotopic (exact) mass is 454 g/mol. The third-order valence-electron chi connectivity index (χ3n) is 6.84. The van der Waals surface area contributed by atoms with E-state index in [-0.39, 0.29) is 19.1 Å². The third kappa shape index (κ3) is 2.66. The van der Waals surface area contributed by atoms with E-state index in [4.69, 9.17) is 0 Å². The molecule has 3 N–H and O–H groups in total. The second-order valence-electron chi connectivity index (χ2n) is 8.76. The number of nitrogens with one attached hydrogen (secondary N) is 2. The molecule has 0 bridgehead atoms. The molecule has 0 spiro atoms. The van der Waals surface area contributed by atoms with Crippen LogP contribution in [0.4, 0.5) is 0 Å². The molecule has 0 aliphatic carbocycles. The van der Waals surface area contributed by atoms with Crippen molar-refractivity contribution < 1.29 is 19.5 Å². The minimum absolute atomic E-state index is 0.130. The molecular weight excluding hydrogens is 432 g/mol. The third-order valence-corrected chi connectivity index (χ3v) is 6.84. The number of amides is 3. The van der Waals surface area contributed by atoms with Gasteiger partial charge in [-0.25, -0.2) is 0 Å². The molecule has 3 amide bonds. The highest BCUT2D eigenvalue weighted by Crippen LogP contribution is 2.42. The van der Waals surface area contributed by atoms with Crippen LogP contribution in [-0.2, 0) is 18.4 Å². The molecule has 3 heterocycles. The molecule has 8 nitrogen and oxygen atoms in total. The molecule has 170 valence electrons. The summed E-state index contributed by atoms with van der Waals surface area (Å²) in [4.78, 5) is 43.2. The highest BCUT2D eigenvalue weighted by molar-refractivity contribution is 6.39. The van der Waals surface area contributed by atoms with E-state index in [0.29, 0.717) is 23.1 Å². The molecule has 0 saturated carbocycles. The van der Waals surface area contributed by atoms with Gasteiger partial charge in [0.15, 0.2) is 0 Å². The van der Waals surface area contributed by atoms with Crippen molar-refractivity contribution in [2.45, 2.75) is 13.5 Å². The zero-order valence-electron chi connectivity index (χ0n) is 18.7. The van der Waals surface area contributed by atoms with Crippen LogP contribution in [0.1, 0.15) is 33.2 Å². The van der Waals surface area contributed by atoms with E-state index >= 15 is 0 Å². The van der Waals surface area contributed by atoms with Crippen molar-refractivity contribution in [1.82, 2.24) is 19.8 Å². The molecule has 0 radical (unpaired) electrons. The minimum Gasteiger partial charge on any atom is -0.395 e. The van der Waals surface area contributed by atoms with Gasteiger partial charge < -0.3 is 19.6 Å². The normalized spacial score (nSPS) is 13.4. The van der Waals surface area contributed by atoms with Crippen LogP contribution in [0.2, 0.25) is 0 Å². The van der Waals surface area contributed by atoms with Crippen molar-refractivity contribution >= 4 is 61.2 Å². The predicted octanol–water partition coefficient (Wildman–Crippen LogP) is 3.19. The highest BCUT2D eigenvalue weighted by atomic mass is 16.3. The average molecular weight is 454 g/mol. The fourth-order valence-corrected chi connectivity index (χ4v) is 5.33. The molecular formula is C26H22N4O4. The van der Waals surface area contributed by atoms with Crippen molar-refractivity contribution in [3.63, 3.8) is 0 Å².